The van der Waals surface area contributed by atoms with Gasteiger partial charge in [0.2, 0.25) is 0 Å². The summed E-state index contributed by atoms with van der Waals surface area (Å²) in [6.07, 6.45) is 3.19. The molecule has 0 radical (unpaired) electrons. The maximum Gasteiger partial charge on any atom is 0.151 e. The van der Waals surface area contributed by atoms with Crippen LogP contribution in [0.1, 0.15) is 43.4 Å². The lowest BCUT2D eigenvalue weighted by molar-refractivity contribution is 0.484. The lowest BCUT2D eigenvalue weighted by atomic mass is 9.99. The van der Waals surface area contributed by atoms with Crippen molar-refractivity contribution in [1.82, 2.24) is 14.5 Å². The molecule has 1 atom stereocenters. The van der Waals surface area contributed by atoms with Crippen molar-refractivity contribution >= 4 is 16.9 Å². The Kier molecular flexibility index (Phi) is 2.15. The second kappa shape index (κ2) is 3.45. The number of rotatable bonds is 1. The second-order valence-electron chi connectivity index (χ2n) is 4.90. The van der Waals surface area contributed by atoms with Crippen LogP contribution in [0.5, 0.6) is 0 Å². The van der Waals surface area contributed by atoms with Crippen molar-refractivity contribution in [3.8, 4) is 0 Å². The molecule has 4 heteroatoms. The number of nitrogen functional groups attached to an aromatic ring is 1. The predicted molar refractivity (Wildman–Crippen MR) is 69.1 cm³/mol. The highest BCUT2D eigenvalue weighted by Gasteiger charge is 2.25. The molecule has 1 aliphatic heterocycles. The Balaban J connectivity index is 2.48. The van der Waals surface area contributed by atoms with Gasteiger partial charge in [-0.05, 0) is 32.3 Å². The van der Waals surface area contributed by atoms with E-state index in [2.05, 4.69) is 28.4 Å². The Bertz CT molecular complexity index is 597. The molecule has 4 nitrogen and oxygen atoms in total. The minimum Gasteiger partial charge on any atom is -0.382 e. The Morgan fingerprint density at radius 3 is 2.88 bits per heavy atom. The topological polar surface area (TPSA) is 56.7 Å². The maximum atomic E-state index is 6.00. The van der Waals surface area contributed by atoms with Crippen LogP contribution in [0.4, 0.5) is 5.82 Å². The summed E-state index contributed by atoms with van der Waals surface area (Å²) in [6.45, 7) is 6.45. The molecule has 1 aliphatic rings. The van der Waals surface area contributed by atoms with Crippen molar-refractivity contribution in [2.45, 2.75) is 46.1 Å². The maximum absolute atomic E-state index is 6.00. The molecule has 90 valence electrons. The van der Waals surface area contributed by atoms with Crippen LogP contribution in [0.3, 0.4) is 0 Å². The monoisotopic (exact) mass is 230 g/mol. The van der Waals surface area contributed by atoms with Gasteiger partial charge < -0.3 is 10.3 Å². The van der Waals surface area contributed by atoms with E-state index < -0.39 is 0 Å². The van der Waals surface area contributed by atoms with Gasteiger partial charge in [0.25, 0.3) is 0 Å². The fraction of sp³-hybridized carbons (Fsp3) is 0.538. The molecule has 0 saturated carbocycles. The van der Waals surface area contributed by atoms with Crippen molar-refractivity contribution < 1.29 is 0 Å². The molecular weight excluding hydrogens is 212 g/mol. The summed E-state index contributed by atoms with van der Waals surface area (Å²) in [7, 11) is 0. The first-order valence-corrected chi connectivity index (χ1v) is 6.29. The van der Waals surface area contributed by atoms with Gasteiger partial charge in [-0.25, -0.2) is 9.97 Å². The summed E-state index contributed by atoms with van der Waals surface area (Å²) in [6, 6.07) is 0.517. The van der Waals surface area contributed by atoms with Crippen LogP contribution in [0, 0.1) is 6.92 Å². The molecule has 17 heavy (non-hydrogen) atoms. The third-order valence-corrected chi connectivity index (χ3v) is 3.81. The first-order valence-electron chi connectivity index (χ1n) is 6.29. The molecule has 1 unspecified atom stereocenters. The van der Waals surface area contributed by atoms with E-state index in [1.807, 2.05) is 6.92 Å². The summed E-state index contributed by atoms with van der Waals surface area (Å²) in [5.74, 6) is 1.70. The number of hydrogen-bond acceptors (Lipinski definition) is 3. The zero-order valence-corrected chi connectivity index (χ0v) is 10.6. The largest absolute Gasteiger partial charge is 0.382 e. The Hall–Kier alpha value is -1.58. The standard InChI is InChI=1S/C13H18N4/c1-4-10-16-11-12-9(8(3)15-13(11)14)6-5-7(2)17(10)12/h7H,4-6H2,1-3H3,(H2,14,15). The first-order chi connectivity index (χ1) is 8.13. The number of nitrogens with zero attached hydrogens (tertiary/aromatic N) is 3. The number of anilines is 1. The van der Waals surface area contributed by atoms with Crippen LogP contribution in [-0.4, -0.2) is 14.5 Å². The molecule has 2 N–H and O–H groups in total. The summed E-state index contributed by atoms with van der Waals surface area (Å²) in [4.78, 5) is 9.09. The van der Waals surface area contributed by atoms with Crippen LogP contribution < -0.4 is 5.73 Å². The minimum atomic E-state index is 0.517. The SMILES string of the molecule is CCc1nc2c(N)nc(C)c3c2n1C(C)CC3. The van der Waals surface area contributed by atoms with Crippen molar-refractivity contribution in [2.75, 3.05) is 5.73 Å². The van der Waals surface area contributed by atoms with E-state index in [0.29, 0.717) is 11.9 Å². The molecule has 0 aromatic carbocycles. The molecule has 0 aliphatic carbocycles. The Morgan fingerprint density at radius 1 is 1.41 bits per heavy atom. The predicted octanol–water partition coefficient (Wildman–Crippen LogP) is 2.39. The van der Waals surface area contributed by atoms with Gasteiger partial charge in [0, 0.05) is 18.2 Å². The summed E-state index contributed by atoms with van der Waals surface area (Å²) >= 11 is 0. The quantitative estimate of drug-likeness (QED) is 0.818. The van der Waals surface area contributed by atoms with Gasteiger partial charge in [0.15, 0.2) is 5.82 Å². The fourth-order valence-electron chi connectivity index (χ4n) is 2.92. The third-order valence-electron chi connectivity index (χ3n) is 3.81. The normalized spacial score (nSPS) is 18.9. The number of nitrogens with two attached hydrogens (primary N) is 1. The van der Waals surface area contributed by atoms with E-state index in [4.69, 9.17) is 5.73 Å². The Labute approximate surface area is 101 Å². The third kappa shape index (κ3) is 1.30. The number of imidazole rings is 1. The summed E-state index contributed by atoms with van der Waals surface area (Å²) in [5.41, 5.74) is 10.5. The van der Waals surface area contributed by atoms with Gasteiger partial charge in [0.05, 0.1) is 5.52 Å². The summed E-state index contributed by atoms with van der Waals surface area (Å²) < 4.78 is 2.36. The van der Waals surface area contributed by atoms with Crippen LogP contribution in [-0.2, 0) is 12.8 Å². The highest BCUT2D eigenvalue weighted by Crippen LogP contribution is 2.35. The molecule has 3 rings (SSSR count). The Morgan fingerprint density at radius 2 is 2.18 bits per heavy atom. The number of pyridine rings is 1. The number of hydrogen-bond donors (Lipinski definition) is 1. The first kappa shape index (κ1) is 10.6. The number of aromatic nitrogens is 3. The lowest BCUT2D eigenvalue weighted by Gasteiger charge is -2.24. The van der Waals surface area contributed by atoms with Crippen LogP contribution in [0.2, 0.25) is 0 Å². The zero-order valence-electron chi connectivity index (χ0n) is 10.6. The van der Waals surface area contributed by atoms with Gasteiger partial charge >= 0.3 is 0 Å². The van der Waals surface area contributed by atoms with Crippen LogP contribution >= 0.6 is 0 Å². The fourth-order valence-corrected chi connectivity index (χ4v) is 2.92. The van der Waals surface area contributed by atoms with E-state index in [0.717, 1.165) is 36.3 Å². The van der Waals surface area contributed by atoms with Crippen LogP contribution in [0.25, 0.3) is 11.0 Å². The van der Waals surface area contributed by atoms with E-state index in [9.17, 15) is 0 Å². The molecule has 2 aromatic rings. The van der Waals surface area contributed by atoms with Gasteiger partial charge in [-0.15, -0.1) is 0 Å². The molecular formula is C13H18N4. The van der Waals surface area contributed by atoms with E-state index in [-0.39, 0.29) is 0 Å². The van der Waals surface area contributed by atoms with Gasteiger partial charge in [0.1, 0.15) is 11.3 Å². The van der Waals surface area contributed by atoms with Crippen LogP contribution in [0.15, 0.2) is 0 Å². The van der Waals surface area contributed by atoms with Crippen molar-refractivity contribution in [1.29, 1.82) is 0 Å². The second-order valence-corrected chi connectivity index (χ2v) is 4.90. The van der Waals surface area contributed by atoms with Crippen molar-refractivity contribution in [3.05, 3.63) is 17.1 Å². The van der Waals surface area contributed by atoms with E-state index in [1.54, 1.807) is 0 Å². The molecule has 0 bridgehead atoms. The van der Waals surface area contributed by atoms with E-state index >= 15 is 0 Å². The van der Waals surface area contributed by atoms with Crippen molar-refractivity contribution in [2.24, 2.45) is 0 Å². The molecule has 2 aromatic heterocycles. The van der Waals surface area contributed by atoms with Gasteiger partial charge in [-0.1, -0.05) is 6.92 Å². The molecule has 0 fully saturated rings. The average Bonchev–Trinajstić information content (AvgIpc) is 2.69. The van der Waals surface area contributed by atoms with Crippen molar-refractivity contribution in [3.63, 3.8) is 0 Å². The zero-order chi connectivity index (χ0) is 12.2. The van der Waals surface area contributed by atoms with Gasteiger partial charge in [-0.3, -0.25) is 0 Å². The highest BCUT2D eigenvalue weighted by molar-refractivity contribution is 5.89. The lowest BCUT2D eigenvalue weighted by Crippen LogP contribution is -2.16. The molecule has 0 amide bonds. The average molecular weight is 230 g/mol. The highest BCUT2D eigenvalue weighted by atomic mass is 15.1. The molecule has 3 heterocycles. The van der Waals surface area contributed by atoms with E-state index in [1.165, 1.54) is 11.1 Å². The smallest absolute Gasteiger partial charge is 0.151 e. The minimum absolute atomic E-state index is 0.517. The summed E-state index contributed by atoms with van der Waals surface area (Å²) in [5, 5.41) is 0. The molecule has 0 spiro atoms. The molecule has 0 saturated heterocycles. The van der Waals surface area contributed by atoms with Gasteiger partial charge in [-0.2, -0.15) is 0 Å². The number of aryl methyl sites for hydroxylation is 3.